The molecule has 1 atom stereocenters. The van der Waals surface area contributed by atoms with Crippen LogP contribution in [0, 0.1) is 0 Å². The Balaban J connectivity index is 1.64. The van der Waals surface area contributed by atoms with Crippen LogP contribution in [0.2, 0.25) is 0 Å². The molecule has 100 valence electrons. The predicted molar refractivity (Wildman–Crippen MR) is 70.4 cm³/mol. The average Bonchev–Trinajstić information content (AvgIpc) is 2.38. The van der Waals surface area contributed by atoms with Gasteiger partial charge in [-0.1, -0.05) is 6.92 Å². The summed E-state index contributed by atoms with van der Waals surface area (Å²) in [4.78, 5) is 7.48. The summed E-state index contributed by atoms with van der Waals surface area (Å²) in [6.45, 7) is 12.6. The normalized spacial score (nSPS) is 29.6. The Bertz CT molecular complexity index is 217. The molecule has 0 bridgehead atoms. The van der Waals surface area contributed by atoms with Gasteiger partial charge in [-0.3, -0.25) is 4.90 Å². The van der Waals surface area contributed by atoms with Crippen molar-refractivity contribution in [1.29, 1.82) is 0 Å². The van der Waals surface area contributed by atoms with Gasteiger partial charge in [0.25, 0.3) is 0 Å². The van der Waals surface area contributed by atoms with Gasteiger partial charge in [-0.05, 0) is 20.0 Å². The minimum Gasteiger partial charge on any atom is -0.376 e. The molecule has 0 radical (unpaired) electrons. The monoisotopic (exact) mass is 241 g/mol. The molecule has 2 saturated heterocycles. The van der Waals surface area contributed by atoms with Gasteiger partial charge >= 0.3 is 0 Å². The second kappa shape index (κ2) is 6.69. The Morgan fingerprint density at radius 3 is 2.53 bits per heavy atom. The van der Waals surface area contributed by atoms with Crippen molar-refractivity contribution < 1.29 is 4.74 Å². The molecule has 0 aromatic carbocycles. The Hall–Kier alpha value is -0.160. The molecule has 0 amide bonds. The average molecular weight is 241 g/mol. The second-order valence-electron chi connectivity index (χ2n) is 5.32. The van der Waals surface area contributed by atoms with E-state index in [2.05, 4.69) is 28.7 Å². The van der Waals surface area contributed by atoms with E-state index in [0.717, 1.165) is 26.2 Å². The van der Waals surface area contributed by atoms with Gasteiger partial charge in [0, 0.05) is 45.8 Å². The van der Waals surface area contributed by atoms with Crippen LogP contribution in [0.4, 0.5) is 0 Å². The number of likely N-dealkylation sites (N-methyl/N-ethyl adjacent to an activating group) is 2. The van der Waals surface area contributed by atoms with Crippen LogP contribution in [0.5, 0.6) is 0 Å². The molecule has 17 heavy (non-hydrogen) atoms. The lowest BCUT2D eigenvalue weighted by molar-refractivity contribution is -0.0351. The van der Waals surface area contributed by atoms with Crippen LogP contribution >= 0.6 is 0 Å². The highest BCUT2D eigenvalue weighted by atomic mass is 16.5. The summed E-state index contributed by atoms with van der Waals surface area (Å²) in [5, 5.41) is 0. The predicted octanol–water partition coefficient (Wildman–Crippen LogP) is 0.345. The fourth-order valence-corrected chi connectivity index (χ4v) is 2.64. The first-order chi connectivity index (χ1) is 8.28. The van der Waals surface area contributed by atoms with Gasteiger partial charge in [0.2, 0.25) is 0 Å². The van der Waals surface area contributed by atoms with Crippen molar-refractivity contribution in [1.82, 2.24) is 14.7 Å². The van der Waals surface area contributed by atoms with Gasteiger partial charge < -0.3 is 14.5 Å². The van der Waals surface area contributed by atoms with Gasteiger partial charge in [0.15, 0.2) is 0 Å². The van der Waals surface area contributed by atoms with Gasteiger partial charge in [0.05, 0.1) is 12.7 Å². The molecule has 2 fully saturated rings. The molecule has 4 nitrogen and oxygen atoms in total. The van der Waals surface area contributed by atoms with Gasteiger partial charge in [-0.2, -0.15) is 0 Å². The number of piperazine rings is 1. The van der Waals surface area contributed by atoms with Crippen molar-refractivity contribution >= 4 is 0 Å². The smallest absolute Gasteiger partial charge is 0.0714 e. The molecule has 0 aromatic rings. The van der Waals surface area contributed by atoms with Crippen molar-refractivity contribution in [2.24, 2.45) is 0 Å². The maximum Gasteiger partial charge on any atom is 0.0714 e. The van der Waals surface area contributed by atoms with E-state index in [4.69, 9.17) is 4.74 Å². The SMILES string of the molecule is CCN1CCOC(CCN2CCN(C)CC2)C1. The topological polar surface area (TPSA) is 19.0 Å². The summed E-state index contributed by atoms with van der Waals surface area (Å²) < 4.78 is 5.84. The Labute approximate surface area is 105 Å². The molecule has 2 aliphatic heterocycles. The molecule has 2 aliphatic rings. The van der Waals surface area contributed by atoms with E-state index < -0.39 is 0 Å². The molecular weight excluding hydrogens is 214 g/mol. The van der Waals surface area contributed by atoms with E-state index in [1.54, 1.807) is 0 Å². The standard InChI is InChI=1S/C13H27N3O/c1-3-15-10-11-17-13(12-15)4-5-16-8-6-14(2)7-9-16/h13H,3-12H2,1-2H3. The number of hydrogen-bond acceptors (Lipinski definition) is 4. The third kappa shape index (κ3) is 4.21. The third-order valence-electron chi connectivity index (χ3n) is 4.03. The third-order valence-corrected chi connectivity index (χ3v) is 4.03. The highest BCUT2D eigenvalue weighted by Crippen LogP contribution is 2.10. The number of nitrogens with zero attached hydrogens (tertiary/aromatic N) is 3. The molecule has 0 saturated carbocycles. The van der Waals surface area contributed by atoms with Crippen LogP contribution in [-0.2, 0) is 4.74 Å². The molecular formula is C13H27N3O. The summed E-state index contributed by atoms with van der Waals surface area (Å²) in [7, 11) is 2.21. The molecule has 0 spiro atoms. The van der Waals surface area contributed by atoms with E-state index in [0.29, 0.717) is 6.10 Å². The fourth-order valence-electron chi connectivity index (χ4n) is 2.64. The van der Waals surface area contributed by atoms with Crippen LogP contribution in [0.15, 0.2) is 0 Å². The summed E-state index contributed by atoms with van der Waals surface area (Å²) >= 11 is 0. The maximum absolute atomic E-state index is 5.84. The lowest BCUT2D eigenvalue weighted by Gasteiger charge is -2.35. The molecule has 2 rings (SSSR count). The molecule has 4 heteroatoms. The zero-order valence-corrected chi connectivity index (χ0v) is 11.4. The first-order valence-electron chi connectivity index (χ1n) is 7.03. The minimum absolute atomic E-state index is 0.461. The van der Waals surface area contributed by atoms with Crippen molar-refractivity contribution in [3.8, 4) is 0 Å². The van der Waals surface area contributed by atoms with E-state index >= 15 is 0 Å². The molecule has 0 N–H and O–H groups in total. The van der Waals surface area contributed by atoms with Crippen LogP contribution in [-0.4, -0.2) is 86.8 Å². The molecule has 0 aromatic heterocycles. The fraction of sp³-hybridized carbons (Fsp3) is 1.00. The highest BCUT2D eigenvalue weighted by molar-refractivity contribution is 4.74. The van der Waals surface area contributed by atoms with Crippen LogP contribution < -0.4 is 0 Å². The van der Waals surface area contributed by atoms with Crippen LogP contribution in [0.25, 0.3) is 0 Å². The first kappa shape index (κ1) is 13.3. The summed E-state index contributed by atoms with van der Waals surface area (Å²) in [6.07, 6.45) is 1.66. The molecule has 0 aliphatic carbocycles. The van der Waals surface area contributed by atoms with Crippen molar-refractivity contribution in [2.75, 3.05) is 66.0 Å². The molecule has 2 heterocycles. The van der Waals surface area contributed by atoms with E-state index in [9.17, 15) is 0 Å². The zero-order chi connectivity index (χ0) is 12.1. The molecule has 1 unspecified atom stereocenters. The van der Waals surface area contributed by atoms with Gasteiger partial charge in [0.1, 0.15) is 0 Å². The quantitative estimate of drug-likeness (QED) is 0.707. The lowest BCUT2D eigenvalue weighted by atomic mass is 10.2. The number of morpholine rings is 1. The number of ether oxygens (including phenoxy) is 1. The number of hydrogen-bond donors (Lipinski definition) is 0. The highest BCUT2D eigenvalue weighted by Gasteiger charge is 2.21. The van der Waals surface area contributed by atoms with Crippen molar-refractivity contribution in [2.45, 2.75) is 19.4 Å². The van der Waals surface area contributed by atoms with E-state index in [-0.39, 0.29) is 0 Å². The van der Waals surface area contributed by atoms with Crippen molar-refractivity contribution in [3.63, 3.8) is 0 Å². The Morgan fingerprint density at radius 2 is 1.82 bits per heavy atom. The maximum atomic E-state index is 5.84. The Morgan fingerprint density at radius 1 is 1.06 bits per heavy atom. The van der Waals surface area contributed by atoms with Crippen LogP contribution in [0.1, 0.15) is 13.3 Å². The largest absolute Gasteiger partial charge is 0.376 e. The summed E-state index contributed by atoms with van der Waals surface area (Å²) in [5.74, 6) is 0. The minimum atomic E-state index is 0.461. The zero-order valence-electron chi connectivity index (χ0n) is 11.4. The van der Waals surface area contributed by atoms with Crippen LogP contribution in [0.3, 0.4) is 0 Å². The van der Waals surface area contributed by atoms with E-state index in [1.165, 1.54) is 39.1 Å². The second-order valence-corrected chi connectivity index (χ2v) is 5.32. The van der Waals surface area contributed by atoms with Crippen molar-refractivity contribution in [3.05, 3.63) is 0 Å². The van der Waals surface area contributed by atoms with Gasteiger partial charge in [-0.15, -0.1) is 0 Å². The Kier molecular flexibility index (Phi) is 5.22. The lowest BCUT2D eigenvalue weighted by Crippen LogP contribution is -2.47. The first-order valence-corrected chi connectivity index (χ1v) is 7.03. The number of rotatable bonds is 4. The van der Waals surface area contributed by atoms with Gasteiger partial charge in [-0.25, -0.2) is 0 Å². The summed E-state index contributed by atoms with van der Waals surface area (Å²) in [6, 6.07) is 0. The van der Waals surface area contributed by atoms with E-state index in [1.807, 2.05) is 0 Å². The summed E-state index contributed by atoms with van der Waals surface area (Å²) in [5.41, 5.74) is 0.